The number of carbonyl (C=O) groups excluding carboxylic acids is 1. The molecule has 0 atom stereocenters. The van der Waals surface area contributed by atoms with E-state index in [-0.39, 0.29) is 0 Å². The molecular formula is C12H13N3O2. The fraction of sp³-hybridized carbons (Fsp3) is 0.250. The van der Waals surface area contributed by atoms with E-state index in [1.165, 1.54) is 6.33 Å². The zero-order valence-electron chi connectivity index (χ0n) is 9.54. The highest BCUT2D eigenvalue weighted by Crippen LogP contribution is 2.13. The first kappa shape index (κ1) is 11.3. The van der Waals surface area contributed by atoms with Gasteiger partial charge in [-0.25, -0.2) is 9.67 Å². The molecule has 0 saturated carbocycles. The van der Waals surface area contributed by atoms with Gasteiger partial charge < -0.3 is 4.74 Å². The Morgan fingerprint density at radius 3 is 3.12 bits per heavy atom. The van der Waals surface area contributed by atoms with E-state index >= 15 is 0 Å². The number of carbonyl (C=O) groups is 1. The summed E-state index contributed by atoms with van der Waals surface area (Å²) >= 11 is 0. The summed E-state index contributed by atoms with van der Waals surface area (Å²) in [5.41, 5.74) is 0.597. The van der Waals surface area contributed by atoms with Crippen molar-refractivity contribution in [2.45, 2.75) is 20.1 Å². The Balaban J connectivity index is 2.04. The second-order valence-corrected chi connectivity index (χ2v) is 3.47. The molecule has 0 radical (unpaired) electrons. The zero-order valence-corrected chi connectivity index (χ0v) is 9.54. The molecule has 88 valence electrons. The molecule has 1 aromatic heterocycles. The number of ether oxygens (including phenoxy) is 1. The predicted molar refractivity (Wildman–Crippen MR) is 61.9 cm³/mol. The van der Waals surface area contributed by atoms with Gasteiger partial charge in [-0.15, -0.1) is 0 Å². The molecule has 0 aliphatic rings. The lowest BCUT2D eigenvalue weighted by Crippen LogP contribution is -2.07. The van der Waals surface area contributed by atoms with Gasteiger partial charge in [0.15, 0.2) is 5.82 Å². The zero-order chi connectivity index (χ0) is 12.1. The summed E-state index contributed by atoms with van der Waals surface area (Å²) in [6.45, 7) is 3.09. The van der Waals surface area contributed by atoms with Crippen LogP contribution in [0, 0.1) is 0 Å². The third-order valence-electron chi connectivity index (χ3n) is 2.36. The lowest BCUT2D eigenvalue weighted by atomic mass is 10.2. The van der Waals surface area contributed by atoms with Gasteiger partial charge in [-0.2, -0.15) is 5.10 Å². The van der Waals surface area contributed by atoms with Crippen molar-refractivity contribution < 1.29 is 9.53 Å². The van der Waals surface area contributed by atoms with Crippen LogP contribution in [0.1, 0.15) is 23.1 Å². The smallest absolute Gasteiger partial charge is 0.164 e. The maximum absolute atomic E-state index is 10.6. The van der Waals surface area contributed by atoms with Crippen LogP contribution < -0.4 is 4.74 Å². The largest absolute Gasteiger partial charge is 0.486 e. The highest BCUT2D eigenvalue weighted by atomic mass is 16.5. The Morgan fingerprint density at radius 2 is 2.35 bits per heavy atom. The van der Waals surface area contributed by atoms with Gasteiger partial charge in [-0.3, -0.25) is 4.79 Å². The maximum Gasteiger partial charge on any atom is 0.164 e. The molecule has 0 fully saturated rings. The highest BCUT2D eigenvalue weighted by molar-refractivity contribution is 5.75. The molecule has 0 spiro atoms. The normalized spacial score (nSPS) is 10.2. The Kier molecular flexibility index (Phi) is 3.49. The summed E-state index contributed by atoms with van der Waals surface area (Å²) in [5.74, 6) is 1.42. The van der Waals surface area contributed by atoms with Crippen LogP contribution in [0.4, 0.5) is 0 Å². The number of hydrogen-bond donors (Lipinski definition) is 0. The minimum Gasteiger partial charge on any atom is -0.486 e. The van der Waals surface area contributed by atoms with Crippen molar-refractivity contribution in [1.29, 1.82) is 0 Å². The van der Waals surface area contributed by atoms with Gasteiger partial charge in [0.25, 0.3) is 0 Å². The first-order valence-corrected chi connectivity index (χ1v) is 5.38. The van der Waals surface area contributed by atoms with Gasteiger partial charge in [-0.1, -0.05) is 12.1 Å². The Hall–Kier alpha value is -2.17. The minimum atomic E-state index is 0.343. The topological polar surface area (TPSA) is 57.0 Å². The monoisotopic (exact) mass is 231 g/mol. The second-order valence-electron chi connectivity index (χ2n) is 3.47. The lowest BCUT2D eigenvalue weighted by molar-refractivity contribution is 0.112. The fourth-order valence-electron chi connectivity index (χ4n) is 1.49. The van der Waals surface area contributed by atoms with E-state index in [4.69, 9.17) is 4.74 Å². The molecule has 0 unspecified atom stereocenters. The number of aromatic nitrogens is 3. The van der Waals surface area contributed by atoms with Gasteiger partial charge in [0, 0.05) is 12.1 Å². The van der Waals surface area contributed by atoms with Crippen LogP contribution in [0.3, 0.4) is 0 Å². The molecule has 1 heterocycles. The fourth-order valence-corrected chi connectivity index (χ4v) is 1.49. The third-order valence-corrected chi connectivity index (χ3v) is 2.36. The van der Waals surface area contributed by atoms with E-state index < -0.39 is 0 Å². The Bertz CT molecular complexity index is 508. The van der Waals surface area contributed by atoms with Crippen LogP contribution in [0.2, 0.25) is 0 Å². The average Bonchev–Trinajstić information content (AvgIpc) is 2.84. The molecule has 0 aliphatic carbocycles. The summed E-state index contributed by atoms with van der Waals surface area (Å²) in [6, 6.07) is 7.01. The van der Waals surface area contributed by atoms with Crippen molar-refractivity contribution in [3.05, 3.63) is 42.0 Å². The summed E-state index contributed by atoms with van der Waals surface area (Å²) < 4.78 is 7.32. The third kappa shape index (κ3) is 2.69. The summed E-state index contributed by atoms with van der Waals surface area (Å²) in [4.78, 5) is 14.7. The molecule has 5 heteroatoms. The van der Waals surface area contributed by atoms with Crippen molar-refractivity contribution in [3.8, 4) is 5.75 Å². The van der Waals surface area contributed by atoms with Crippen LogP contribution in [0.25, 0.3) is 0 Å². The van der Waals surface area contributed by atoms with Crippen molar-refractivity contribution in [2.75, 3.05) is 0 Å². The number of nitrogens with zero attached hydrogens (tertiary/aromatic N) is 3. The van der Waals surface area contributed by atoms with Gasteiger partial charge in [-0.05, 0) is 19.1 Å². The van der Waals surface area contributed by atoms with E-state index in [9.17, 15) is 4.79 Å². The minimum absolute atomic E-state index is 0.343. The van der Waals surface area contributed by atoms with Gasteiger partial charge in [0.05, 0.1) is 0 Å². The van der Waals surface area contributed by atoms with Crippen molar-refractivity contribution in [2.24, 2.45) is 0 Å². The highest BCUT2D eigenvalue weighted by Gasteiger charge is 2.03. The second kappa shape index (κ2) is 5.25. The number of hydrogen-bond acceptors (Lipinski definition) is 4. The molecular weight excluding hydrogens is 218 g/mol. The first-order valence-electron chi connectivity index (χ1n) is 5.38. The molecule has 0 saturated heterocycles. The molecule has 17 heavy (non-hydrogen) atoms. The van der Waals surface area contributed by atoms with Gasteiger partial charge in [0.2, 0.25) is 0 Å². The van der Waals surface area contributed by atoms with E-state index in [2.05, 4.69) is 10.1 Å². The molecule has 0 amide bonds. The lowest BCUT2D eigenvalue weighted by Gasteiger charge is -2.06. The number of aldehydes is 1. The van der Waals surface area contributed by atoms with E-state index in [1.54, 1.807) is 28.9 Å². The maximum atomic E-state index is 10.6. The summed E-state index contributed by atoms with van der Waals surface area (Å²) in [7, 11) is 0. The molecule has 0 bridgehead atoms. The number of benzene rings is 1. The molecule has 0 N–H and O–H groups in total. The van der Waals surface area contributed by atoms with Crippen molar-refractivity contribution in [1.82, 2.24) is 14.8 Å². The Labute approximate surface area is 99.1 Å². The van der Waals surface area contributed by atoms with Crippen LogP contribution in [-0.2, 0) is 13.2 Å². The molecule has 0 aliphatic heterocycles. The van der Waals surface area contributed by atoms with Crippen LogP contribution in [0.5, 0.6) is 5.75 Å². The molecule has 2 aromatic rings. The van der Waals surface area contributed by atoms with Crippen LogP contribution in [0.15, 0.2) is 30.6 Å². The summed E-state index contributed by atoms with van der Waals surface area (Å²) in [5, 5.41) is 4.05. The molecule has 5 nitrogen and oxygen atoms in total. The molecule has 1 aromatic carbocycles. The van der Waals surface area contributed by atoms with Crippen LogP contribution in [-0.4, -0.2) is 21.1 Å². The SMILES string of the molecule is CCn1ncnc1COc1cccc(C=O)c1. The van der Waals surface area contributed by atoms with E-state index in [1.807, 2.05) is 6.92 Å². The predicted octanol–water partition coefficient (Wildman–Crippen LogP) is 1.69. The first-order chi connectivity index (χ1) is 8.33. The van der Waals surface area contributed by atoms with Gasteiger partial charge >= 0.3 is 0 Å². The van der Waals surface area contributed by atoms with E-state index in [0.29, 0.717) is 17.9 Å². The number of rotatable bonds is 5. The van der Waals surface area contributed by atoms with Crippen molar-refractivity contribution >= 4 is 6.29 Å². The number of aryl methyl sites for hydroxylation is 1. The standard InChI is InChI=1S/C12H13N3O2/c1-2-15-12(13-9-14-15)8-17-11-5-3-4-10(6-11)7-16/h3-7,9H,2,8H2,1H3. The van der Waals surface area contributed by atoms with E-state index in [0.717, 1.165) is 18.7 Å². The molecule has 2 rings (SSSR count). The van der Waals surface area contributed by atoms with Crippen LogP contribution >= 0.6 is 0 Å². The van der Waals surface area contributed by atoms with Crippen molar-refractivity contribution in [3.63, 3.8) is 0 Å². The summed E-state index contributed by atoms with van der Waals surface area (Å²) in [6.07, 6.45) is 2.30. The van der Waals surface area contributed by atoms with Gasteiger partial charge in [0.1, 0.15) is 25.0 Å². The Morgan fingerprint density at radius 1 is 1.47 bits per heavy atom. The quantitative estimate of drug-likeness (QED) is 0.735. The average molecular weight is 231 g/mol.